The minimum Gasteiger partial charge on any atom is -0.362 e. The van der Waals surface area contributed by atoms with E-state index >= 15 is 0 Å². The molecule has 0 radical (unpaired) electrons. The fourth-order valence-electron chi connectivity index (χ4n) is 3.80. The highest BCUT2D eigenvalue weighted by atomic mass is 35.5. The van der Waals surface area contributed by atoms with Crippen molar-refractivity contribution in [3.05, 3.63) is 68.7 Å². The highest BCUT2D eigenvalue weighted by Gasteiger charge is 2.32. The number of carbonyl (C=O) groups excluding carboxylic acids is 2. The van der Waals surface area contributed by atoms with Gasteiger partial charge in [0.25, 0.3) is 11.6 Å². The van der Waals surface area contributed by atoms with Gasteiger partial charge in [0, 0.05) is 42.8 Å². The van der Waals surface area contributed by atoms with E-state index in [1.165, 1.54) is 6.07 Å². The molecule has 32 heavy (non-hydrogen) atoms. The van der Waals surface area contributed by atoms with Gasteiger partial charge in [-0.3, -0.25) is 19.7 Å². The van der Waals surface area contributed by atoms with Crippen molar-refractivity contribution in [3.8, 4) is 0 Å². The summed E-state index contributed by atoms with van der Waals surface area (Å²) in [6.07, 6.45) is 0. The Morgan fingerprint density at radius 1 is 1.09 bits per heavy atom. The molecule has 1 aliphatic rings. The first-order valence-corrected chi connectivity index (χ1v) is 10.9. The molecular formula is C23H27ClN4O4. The maximum absolute atomic E-state index is 13.2. The molecule has 2 aromatic rings. The Morgan fingerprint density at radius 2 is 1.78 bits per heavy atom. The molecule has 3 rings (SSSR count). The lowest BCUT2D eigenvalue weighted by Crippen LogP contribution is -2.56. The second-order valence-corrected chi connectivity index (χ2v) is 8.70. The molecule has 1 aliphatic heterocycles. The van der Waals surface area contributed by atoms with Crippen molar-refractivity contribution in [2.75, 3.05) is 31.1 Å². The van der Waals surface area contributed by atoms with E-state index in [2.05, 4.69) is 5.32 Å². The topological polar surface area (TPSA) is 95.8 Å². The van der Waals surface area contributed by atoms with Crippen molar-refractivity contribution in [2.24, 2.45) is 5.92 Å². The van der Waals surface area contributed by atoms with Gasteiger partial charge in [0.2, 0.25) is 5.91 Å². The van der Waals surface area contributed by atoms with Crippen LogP contribution in [0.5, 0.6) is 0 Å². The molecular weight excluding hydrogens is 432 g/mol. The summed E-state index contributed by atoms with van der Waals surface area (Å²) in [4.78, 5) is 40.5. The standard InChI is InChI=1S/C23H27ClN4O4/c1-15(2)21(25-22(29)17-6-4-5-16(3)13-17)23(30)27-11-9-26(10-12-27)19-8-7-18(24)14-20(19)28(31)32/h4-8,13-15,21H,9-12H2,1-3H3,(H,25,29). The van der Waals surface area contributed by atoms with Gasteiger partial charge in [-0.1, -0.05) is 43.1 Å². The van der Waals surface area contributed by atoms with Crippen LogP contribution >= 0.6 is 11.6 Å². The third-order valence-corrected chi connectivity index (χ3v) is 5.80. The van der Waals surface area contributed by atoms with Crippen LogP contribution in [0.4, 0.5) is 11.4 Å². The average molecular weight is 459 g/mol. The molecule has 0 aromatic heterocycles. The Labute approximate surface area is 192 Å². The van der Waals surface area contributed by atoms with E-state index in [0.717, 1.165) is 5.56 Å². The largest absolute Gasteiger partial charge is 0.362 e. The number of amides is 2. The first kappa shape index (κ1) is 23.5. The third kappa shape index (κ3) is 5.37. The van der Waals surface area contributed by atoms with Crippen LogP contribution in [0.15, 0.2) is 42.5 Å². The number of hydrogen-bond donors (Lipinski definition) is 1. The monoisotopic (exact) mass is 458 g/mol. The maximum Gasteiger partial charge on any atom is 0.294 e. The van der Waals surface area contributed by atoms with Crippen molar-refractivity contribution in [1.29, 1.82) is 0 Å². The zero-order chi connectivity index (χ0) is 23.4. The normalized spacial score (nSPS) is 14.9. The van der Waals surface area contributed by atoms with Gasteiger partial charge in [0.05, 0.1) is 4.92 Å². The first-order valence-electron chi connectivity index (χ1n) is 10.5. The molecule has 2 amide bonds. The summed E-state index contributed by atoms with van der Waals surface area (Å²) < 4.78 is 0. The smallest absolute Gasteiger partial charge is 0.294 e. The maximum atomic E-state index is 13.2. The van der Waals surface area contributed by atoms with Gasteiger partial charge in [-0.25, -0.2) is 0 Å². The van der Waals surface area contributed by atoms with Crippen LogP contribution in [0.1, 0.15) is 29.8 Å². The van der Waals surface area contributed by atoms with Crippen LogP contribution in [0, 0.1) is 23.0 Å². The average Bonchev–Trinajstić information content (AvgIpc) is 2.76. The molecule has 1 atom stereocenters. The number of nitrogens with one attached hydrogen (secondary N) is 1. The molecule has 1 fully saturated rings. The molecule has 9 heteroatoms. The first-order chi connectivity index (χ1) is 15.2. The van der Waals surface area contributed by atoms with E-state index < -0.39 is 11.0 Å². The number of anilines is 1. The van der Waals surface area contributed by atoms with Crippen molar-refractivity contribution < 1.29 is 14.5 Å². The number of piperazine rings is 1. The van der Waals surface area contributed by atoms with Crippen LogP contribution in [0.2, 0.25) is 5.02 Å². The number of nitro groups is 1. The lowest BCUT2D eigenvalue weighted by molar-refractivity contribution is -0.384. The Morgan fingerprint density at radius 3 is 2.38 bits per heavy atom. The third-order valence-electron chi connectivity index (χ3n) is 5.57. The summed E-state index contributed by atoms with van der Waals surface area (Å²) in [6.45, 7) is 7.41. The van der Waals surface area contributed by atoms with E-state index in [4.69, 9.17) is 11.6 Å². The van der Waals surface area contributed by atoms with Crippen LogP contribution in [-0.2, 0) is 4.79 Å². The van der Waals surface area contributed by atoms with Crippen LogP contribution < -0.4 is 10.2 Å². The van der Waals surface area contributed by atoms with E-state index in [9.17, 15) is 19.7 Å². The molecule has 0 bridgehead atoms. The highest BCUT2D eigenvalue weighted by Crippen LogP contribution is 2.31. The number of aryl methyl sites for hydroxylation is 1. The molecule has 1 unspecified atom stereocenters. The molecule has 0 saturated carbocycles. The Bertz CT molecular complexity index is 1020. The molecule has 0 aliphatic carbocycles. The SMILES string of the molecule is Cc1cccc(C(=O)NC(C(=O)N2CCN(c3ccc(Cl)cc3[N+](=O)[O-])CC2)C(C)C)c1. The quantitative estimate of drug-likeness (QED) is 0.526. The number of nitro benzene ring substituents is 1. The van der Waals surface area contributed by atoms with Gasteiger partial charge in [0.1, 0.15) is 11.7 Å². The number of halogens is 1. The van der Waals surface area contributed by atoms with E-state index in [0.29, 0.717) is 42.5 Å². The minimum absolute atomic E-state index is 0.0530. The number of benzene rings is 2. The Balaban J connectivity index is 1.68. The summed E-state index contributed by atoms with van der Waals surface area (Å²) in [7, 11) is 0. The predicted molar refractivity (Wildman–Crippen MR) is 124 cm³/mol. The zero-order valence-corrected chi connectivity index (χ0v) is 19.1. The Kier molecular flexibility index (Phi) is 7.35. The van der Waals surface area contributed by atoms with Crippen molar-refractivity contribution in [1.82, 2.24) is 10.2 Å². The fraction of sp³-hybridized carbons (Fsp3) is 0.391. The van der Waals surface area contributed by atoms with E-state index in [1.807, 2.05) is 37.8 Å². The number of hydrogen-bond acceptors (Lipinski definition) is 5. The molecule has 2 aromatic carbocycles. The summed E-state index contributed by atoms with van der Waals surface area (Å²) in [5.74, 6) is -0.519. The summed E-state index contributed by atoms with van der Waals surface area (Å²) in [5.41, 5.74) is 1.92. The van der Waals surface area contributed by atoms with Crippen molar-refractivity contribution in [2.45, 2.75) is 26.8 Å². The second-order valence-electron chi connectivity index (χ2n) is 8.27. The Hall–Kier alpha value is -3.13. The molecule has 8 nitrogen and oxygen atoms in total. The highest BCUT2D eigenvalue weighted by molar-refractivity contribution is 6.30. The van der Waals surface area contributed by atoms with Crippen LogP contribution in [0.3, 0.4) is 0 Å². The zero-order valence-electron chi connectivity index (χ0n) is 18.4. The van der Waals surface area contributed by atoms with E-state index in [-0.39, 0.29) is 23.4 Å². The van der Waals surface area contributed by atoms with Crippen molar-refractivity contribution in [3.63, 3.8) is 0 Å². The number of nitrogens with zero attached hydrogens (tertiary/aromatic N) is 3. The van der Waals surface area contributed by atoms with Gasteiger partial charge in [-0.05, 0) is 37.1 Å². The van der Waals surface area contributed by atoms with Gasteiger partial charge in [-0.2, -0.15) is 0 Å². The minimum atomic E-state index is -0.653. The molecule has 1 saturated heterocycles. The lowest BCUT2D eigenvalue weighted by atomic mass is 10.0. The van der Waals surface area contributed by atoms with Crippen molar-refractivity contribution >= 4 is 34.8 Å². The second kappa shape index (κ2) is 9.99. The van der Waals surface area contributed by atoms with Gasteiger partial charge in [-0.15, -0.1) is 0 Å². The summed E-state index contributed by atoms with van der Waals surface area (Å²) in [6, 6.07) is 11.2. The number of carbonyl (C=O) groups is 2. The molecule has 1 N–H and O–H groups in total. The van der Waals surface area contributed by atoms with E-state index in [1.54, 1.807) is 29.2 Å². The number of rotatable bonds is 6. The fourth-order valence-corrected chi connectivity index (χ4v) is 3.97. The molecule has 0 spiro atoms. The van der Waals surface area contributed by atoms with Crippen LogP contribution in [0.25, 0.3) is 0 Å². The predicted octanol–water partition coefficient (Wildman–Crippen LogP) is 3.66. The molecule has 1 heterocycles. The van der Waals surface area contributed by atoms with Gasteiger partial charge < -0.3 is 15.1 Å². The van der Waals surface area contributed by atoms with Crippen LogP contribution in [-0.4, -0.2) is 53.9 Å². The summed E-state index contributed by atoms with van der Waals surface area (Å²) >= 11 is 5.91. The summed E-state index contributed by atoms with van der Waals surface area (Å²) in [5, 5.41) is 14.6. The van der Waals surface area contributed by atoms with Gasteiger partial charge in [0.15, 0.2) is 0 Å². The molecule has 170 valence electrons. The lowest BCUT2D eigenvalue weighted by Gasteiger charge is -2.38. The van der Waals surface area contributed by atoms with Gasteiger partial charge >= 0.3 is 0 Å².